The summed E-state index contributed by atoms with van der Waals surface area (Å²) in [5.74, 6) is -1.32. The SMILES string of the molecule is Cc1ccc(C(C)C)c2c(O)c(C3c4c(c5c(C(C)C)ccc(C)c5oc4=O)OC3O)c(=O)oc12. The van der Waals surface area contributed by atoms with Crippen LogP contribution in [0.3, 0.4) is 0 Å². The van der Waals surface area contributed by atoms with Crippen molar-refractivity contribution >= 4 is 21.9 Å². The third-order valence-corrected chi connectivity index (χ3v) is 6.96. The van der Waals surface area contributed by atoms with Gasteiger partial charge in [-0.05, 0) is 47.9 Å². The standard InChI is InChI=1S/C28H28O7/c1-11(2)15-9-7-13(5)23-17(15)22(29)20(27(31)33-23)19-21-25(35-26(19)30)18-16(12(3)4)10-8-14(6)24(18)34-28(21)32/h7-12,19,26,29-30H,1-6H3. The lowest BCUT2D eigenvalue weighted by atomic mass is 9.88. The van der Waals surface area contributed by atoms with Crippen molar-refractivity contribution in [2.24, 2.45) is 0 Å². The summed E-state index contributed by atoms with van der Waals surface area (Å²) in [6.45, 7) is 11.5. The molecule has 2 aromatic heterocycles. The first-order valence-electron chi connectivity index (χ1n) is 11.8. The number of fused-ring (bicyclic) bond motifs is 4. The minimum absolute atomic E-state index is 0.00167. The Hall–Kier alpha value is -3.58. The smallest absolute Gasteiger partial charge is 0.344 e. The second-order valence-electron chi connectivity index (χ2n) is 9.93. The normalized spacial score (nSPS) is 17.5. The molecule has 0 radical (unpaired) electrons. The number of aryl methyl sites for hydroxylation is 2. The maximum Gasteiger partial charge on any atom is 0.344 e. The van der Waals surface area contributed by atoms with E-state index in [1.807, 2.05) is 58.9 Å². The van der Waals surface area contributed by atoms with Crippen LogP contribution in [0.4, 0.5) is 0 Å². The second kappa shape index (κ2) is 7.99. The predicted molar refractivity (Wildman–Crippen MR) is 133 cm³/mol. The van der Waals surface area contributed by atoms with Crippen molar-refractivity contribution in [2.75, 3.05) is 0 Å². The summed E-state index contributed by atoms with van der Waals surface area (Å²) >= 11 is 0. The first-order valence-corrected chi connectivity index (χ1v) is 11.8. The molecule has 35 heavy (non-hydrogen) atoms. The van der Waals surface area contributed by atoms with Gasteiger partial charge in [-0.3, -0.25) is 0 Å². The van der Waals surface area contributed by atoms with Gasteiger partial charge in [-0.15, -0.1) is 0 Å². The minimum Gasteiger partial charge on any atom is -0.507 e. The monoisotopic (exact) mass is 476 g/mol. The van der Waals surface area contributed by atoms with E-state index in [0.29, 0.717) is 21.9 Å². The summed E-state index contributed by atoms with van der Waals surface area (Å²) < 4.78 is 17.2. The zero-order chi connectivity index (χ0) is 25.3. The Balaban J connectivity index is 1.88. The number of benzene rings is 2. The Morgan fingerprint density at radius 2 is 1.26 bits per heavy atom. The molecular weight excluding hydrogens is 448 g/mol. The summed E-state index contributed by atoms with van der Waals surface area (Å²) in [6, 6.07) is 7.51. The molecule has 2 atom stereocenters. The van der Waals surface area contributed by atoms with Gasteiger partial charge in [-0.1, -0.05) is 52.0 Å². The Labute approximate surface area is 201 Å². The van der Waals surface area contributed by atoms with Gasteiger partial charge in [-0.25, -0.2) is 9.59 Å². The van der Waals surface area contributed by atoms with E-state index < -0.39 is 23.5 Å². The fourth-order valence-corrected chi connectivity index (χ4v) is 5.15. The second-order valence-corrected chi connectivity index (χ2v) is 9.93. The molecule has 0 saturated heterocycles. The molecule has 2 unspecified atom stereocenters. The van der Waals surface area contributed by atoms with E-state index >= 15 is 0 Å². The van der Waals surface area contributed by atoms with E-state index in [-0.39, 0.29) is 40.0 Å². The topological polar surface area (TPSA) is 110 Å². The molecule has 5 rings (SSSR count). The predicted octanol–water partition coefficient (Wildman–Crippen LogP) is 5.31. The van der Waals surface area contributed by atoms with Gasteiger partial charge in [0.25, 0.3) is 0 Å². The van der Waals surface area contributed by atoms with Crippen molar-refractivity contribution < 1.29 is 23.8 Å². The van der Waals surface area contributed by atoms with Gasteiger partial charge in [-0.2, -0.15) is 0 Å². The molecule has 2 N–H and O–H groups in total. The third-order valence-electron chi connectivity index (χ3n) is 6.96. The average Bonchev–Trinajstić information content (AvgIpc) is 3.12. The molecule has 3 heterocycles. The van der Waals surface area contributed by atoms with Crippen LogP contribution in [0.2, 0.25) is 0 Å². The summed E-state index contributed by atoms with van der Waals surface area (Å²) in [5, 5.41) is 23.4. The Morgan fingerprint density at radius 3 is 1.80 bits per heavy atom. The summed E-state index contributed by atoms with van der Waals surface area (Å²) in [6.07, 6.45) is -1.59. The van der Waals surface area contributed by atoms with Crippen molar-refractivity contribution in [3.63, 3.8) is 0 Å². The van der Waals surface area contributed by atoms with E-state index in [9.17, 15) is 19.8 Å². The molecule has 7 heteroatoms. The molecule has 1 aliphatic heterocycles. The van der Waals surface area contributed by atoms with Gasteiger partial charge >= 0.3 is 11.3 Å². The van der Waals surface area contributed by atoms with E-state index in [4.69, 9.17) is 13.6 Å². The van der Waals surface area contributed by atoms with Crippen LogP contribution in [0.15, 0.2) is 42.7 Å². The lowest BCUT2D eigenvalue weighted by Gasteiger charge is -2.18. The van der Waals surface area contributed by atoms with E-state index in [2.05, 4.69) is 0 Å². The van der Waals surface area contributed by atoms with Gasteiger partial charge < -0.3 is 23.8 Å². The molecule has 1 aliphatic rings. The number of aliphatic hydroxyl groups is 1. The van der Waals surface area contributed by atoms with Crippen LogP contribution < -0.4 is 16.0 Å². The minimum atomic E-state index is -1.59. The van der Waals surface area contributed by atoms with Crippen molar-refractivity contribution in [1.82, 2.24) is 0 Å². The quantitative estimate of drug-likeness (QED) is 0.386. The molecular formula is C28H28O7. The molecule has 2 aromatic carbocycles. The third kappa shape index (κ3) is 3.29. The molecule has 7 nitrogen and oxygen atoms in total. The molecule has 182 valence electrons. The van der Waals surface area contributed by atoms with Gasteiger partial charge in [0.05, 0.1) is 27.8 Å². The number of ether oxygens (including phenoxy) is 1. The zero-order valence-electron chi connectivity index (χ0n) is 20.6. The summed E-state index contributed by atoms with van der Waals surface area (Å²) in [7, 11) is 0. The number of hydrogen-bond donors (Lipinski definition) is 2. The molecule has 0 bridgehead atoms. The molecule has 0 amide bonds. The molecule has 0 saturated carbocycles. The van der Waals surface area contributed by atoms with E-state index in [1.165, 1.54) is 0 Å². The number of hydrogen-bond acceptors (Lipinski definition) is 7. The van der Waals surface area contributed by atoms with Crippen LogP contribution in [0.25, 0.3) is 21.9 Å². The van der Waals surface area contributed by atoms with Crippen LogP contribution in [-0.4, -0.2) is 16.5 Å². The highest BCUT2D eigenvalue weighted by molar-refractivity contribution is 5.93. The van der Waals surface area contributed by atoms with Crippen LogP contribution in [0, 0.1) is 13.8 Å². The van der Waals surface area contributed by atoms with Crippen LogP contribution in [0.1, 0.15) is 78.8 Å². The Bertz CT molecular complexity index is 1620. The van der Waals surface area contributed by atoms with Crippen LogP contribution >= 0.6 is 0 Å². The fourth-order valence-electron chi connectivity index (χ4n) is 5.15. The lowest BCUT2D eigenvalue weighted by molar-refractivity contribution is -0.00990. The highest BCUT2D eigenvalue weighted by Crippen LogP contribution is 2.48. The molecule has 0 fully saturated rings. The van der Waals surface area contributed by atoms with Crippen molar-refractivity contribution in [2.45, 2.75) is 65.6 Å². The molecule has 4 aromatic rings. The zero-order valence-corrected chi connectivity index (χ0v) is 20.6. The number of aromatic hydroxyl groups is 1. The summed E-state index contributed by atoms with van der Waals surface area (Å²) in [4.78, 5) is 26.4. The maximum atomic E-state index is 13.2. The summed E-state index contributed by atoms with van der Waals surface area (Å²) in [5.41, 5.74) is 1.96. The van der Waals surface area contributed by atoms with Gasteiger partial charge in [0, 0.05) is 0 Å². The Kier molecular flexibility index (Phi) is 5.29. The van der Waals surface area contributed by atoms with Crippen molar-refractivity contribution in [1.29, 1.82) is 0 Å². The lowest BCUT2D eigenvalue weighted by Crippen LogP contribution is -2.26. The molecule has 0 aliphatic carbocycles. The average molecular weight is 477 g/mol. The van der Waals surface area contributed by atoms with E-state index in [0.717, 1.165) is 16.7 Å². The fraction of sp³-hybridized carbons (Fsp3) is 0.357. The van der Waals surface area contributed by atoms with Gasteiger partial charge in [0.2, 0.25) is 6.29 Å². The highest BCUT2D eigenvalue weighted by atomic mass is 16.6. The van der Waals surface area contributed by atoms with Crippen molar-refractivity contribution in [3.8, 4) is 11.5 Å². The van der Waals surface area contributed by atoms with Crippen LogP contribution in [0.5, 0.6) is 11.5 Å². The maximum absolute atomic E-state index is 13.2. The first kappa shape index (κ1) is 23.2. The Morgan fingerprint density at radius 1 is 0.771 bits per heavy atom. The van der Waals surface area contributed by atoms with Gasteiger partial charge in [0.15, 0.2) is 0 Å². The molecule has 0 spiro atoms. The highest BCUT2D eigenvalue weighted by Gasteiger charge is 2.44. The number of aliphatic hydroxyl groups excluding tert-OH is 1. The largest absolute Gasteiger partial charge is 0.507 e. The first-order chi connectivity index (χ1) is 16.5. The van der Waals surface area contributed by atoms with Crippen molar-refractivity contribution in [3.05, 3.63) is 78.5 Å². The van der Waals surface area contributed by atoms with E-state index in [1.54, 1.807) is 6.92 Å². The van der Waals surface area contributed by atoms with Crippen LogP contribution in [-0.2, 0) is 0 Å². The number of rotatable bonds is 3. The van der Waals surface area contributed by atoms with Gasteiger partial charge in [0.1, 0.15) is 22.7 Å².